The number of carbonyl (C=O) groups is 1. The predicted molar refractivity (Wildman–Crippen MR) is 64.3 cm³/mol. The van der Waals surface area contributed by atoms with Crippen molar-refractivity contribution in [3.8, 4) is 0 Å². The molecule has 2 N–H and O–H groups in total. The number of hydrogen-bond donors (Lipinski definition) is 2. The fraction of sp³-hybridized carbons (Fsp3) is 0.167. The van der Waals surface area contributed by atoms with E-state index in [4.69, 9.17) is 0 Å². The van der Waals surface area contributed by atoms with Crippen molar-refractivity contribution in [2.45, 2.75) is 13.8 Å². The molecule has 0 radical (unpaired) electrons. The number of nitrogens with zero attached hydrogens (tertiary/aromatic N) is 1. The standard InChI is InChI=1S/C12H13N3O/c1-3-4-11(16)13-12-9-7-8(2)5-6-10(9)14-15-12/h3-7H,1-2H3,(H2,13,14,15,16)/b4-3-. The number of fused-ring (bicyclic) bond motifs is 1. The highest BCUT2D eigenvalue weighted by Gasteiger charge is 2.07. The van der Waals surface area contributed by atoms with Gasteiger partial charge in [-0.05, 0) is 32.1 Å². The Labute approximate surface area is 93.4 Å². The quantitative estimate of drug-likeness (QED) is 0.756. The Hall–Kier alpha value is -2.10. The first kappa shape index (κ1) is 10.4. The highest BCUT2D eigenvalue weighted by atomic mass is 16.1. The van der Waals surface area contributed by atoms with Crippen molar-refractivity contribution in [2.75, 3.05) is 5.32 Å². The van der Waals surface area contributed by atoms with E-state index in [2.05, 4.69) is 15.5 Å². The summed E-state index contributed by atoms with van der Waals surface area (Å²) in [6, 6.07) is 5.94. The van der Waals surface area contributed by atoms with E-state index < -0.39 is 0 Å². The molecule has 82 valence electrons. The first-order valence-corrected chi connectivity index (χ1v) is 5.09. The minimum Gasteiger partial charge on any atom is -0.305 e. The van der Waals surface area contributed by atoms with Gasteiger partial charge in [0.05, 0.1) is 5.52 Å². The third kappa shape index (κ3) is 1.95. The molecule has 4 nitrogen and oxygen atoms in total. The van der Waals surface area contributed by atoms with Crippen LogP contribution in [0, 0.1) is 6.92 Å². The number of anilines is 1. The summed E-state index contributed by atoms with van der Waals surface area (Å²) in [6.07, 6.45) is 3.16. The zero-order valence-corrected chi connectivity index (χ0v) is 9.24. The largest absolute Gasteiger partial charge is 0.305 e. The third-order valence-corrected chi connectivity index (χ3v) is 2.28. The topological polar surface area (TPSA) is 57.8 Å². The van der Waals surface area contributed by atoms with Crippen LogP contribution in [0.5, 0.6) is 0 Å². The average molecular weight is 215 g/mol. The minimum atomic E-state index is -0.169. The summed E-state index contributed by atoms with van der Waals surface area (Å²) in [7, 11) is 0. The smallest absolute Gasteiger partial charge is 0.249 e. The Kier molecular flexibility index (Phi) is 2.72. The number of benzene rings is 1. The molecule has 2 aromatic rings. The van der Waals surface area contributed by atoms with Crippen LogP contribution in [0.25, 0.3) is 10.9 Å². The van der Waals surface area contributed by atoms with E-state index in [9.17, 15) is 4.79 Å². The molecule has 1 amide bonds. The second kappa shape index (κ2) is 4.18. The second-order valence-electron chi connectivity index (χ2n) is 3.61. The molecule has 1 heterocycles. The van der Waals surface area contributed by atoms with Crippen LogP contribution in [0.15, 0.2) is 30.4 Å². The van der Waals surface area contributed by atoms with Crippen molar-refractivity contribution in [3.63, 3.8) is 0 Å². The van der Waals surface area contributed by atoms with Gasteiger partial charge in [0, 0.05) is 5.39 Å². The summed E-state index contributed by atoms with van der Waals surface area (Å²) >= 11 is 0. The lowest BCUT2D eigenvalue weighted by Crippen LogP contribution is -2.08. The highest BCUT2D eigenvalue weighted by molar-refractivity contribution is 6.04. The van der Waals surface area contributed by atoms with Crippen molar-refractivity contribution in [1.29, 1.82) is 0 Å². The Morgan fingerprint density at radius 3 is 3.06 bits per heavy atom. The molecule has 1 aromatic carbocycles. The molecule has 0 saturated carbocycles. The van der Waals surface area contributed by atoms with Crippen LogP contribution in [-0.2, 0) is 4.79 Å². The van der Waals surface area contributed by atoms with Gasteiger partial charge in [-0.1, -0.05) is 17.7 Å². The SMILES string of the molecule is C/C=C\C(=O)Nc1n[nH]c2ccc(C)cc12. The number of aromatic nitrogens is 2. The molecular formula is C12H13N3O. The van der Waals surface area contributed by atoms with Gasteiger partial charge in [0.2, 0.25) is 5.91 Å². The van der Waals surface area contributed by atoms with E-state index in [0.717, 1.165) is 16.5 Å². The summed E-state index contributed by atoms with van der Waals surface area (Å²) in [5, 5.41) is 10.6. The van der Waals surface area contributed by atoms with Gasteiger partial charge in [-0.15, -0.1) is 0 Å². The van der Waals surface area contributed by atoms with E-state index in [0.29, 0.717) is 5.82 Å². The summed E-state index contributed by atoms with van der Waals surface area (Å²) in [4.78, 5) is 11.4. The lowest BCUT2D eigenvalue weighted by molar-refractivity contribution is -0.111. The molecule has 0 fully saturated rings. The molecule has 0 unspecified atom stereocenters. The Balaban J connectivity index is 2.37. The van der Waals surface area contributed by atoms with E-state index >= 15 is 0 Å². The van der Waals surface area contributed by atoms with Gasteiger partial charge in [0.15, 0.2) is 5.82 Å². The molecule has 2 rings (SSSR count). The van der Waals surface area contributed by atoms with Gasteiger partial charge in [-0.3, -0.25) is 9.89 Å². The van der Waals surface area contributed by atoms with Gasteiger partial charge >= 0.3 is 0 Å². The highest BCUT2D eigenvalue weighted by Crippen LogP contribution is 2.21. The number of amides is 1. The minimum absolute atomic E-state index is 0.169. The van der Waals surface area contributed by atoms with Crippen molar-refractivity contribution < 1.29 is 4.79 Å². The fourth-order valence-electron chi connectivity index (χ4n) is 1.53. The first-order valence-electron chi connectivity index (χ1n) is 5.09. The molecule has 0 aliphatic heterocycles. The molecule has 0 saturated heterocycles. The number of carbonyl (C=O) groups excluding carboxylic acids is 1. The van der Waals surface area contributed by atoms with Crippen molar-refractivity contribution >= 4 is 22.6 Å². The average Bonchev–Trinajstić information content (AvgIpc) is 2.61. The number of nitrogens with one attached hydrogen (secondary N) is 2. The van der Waals surface area contributed by atoms with Crippen molar-refractivity contribution in [1.82, 2.24) is 10.2 Å². The number of rotatable bonds is 2. The van der Waals surface area contributed by atoms with Crippen LogP contribution < -0.4 is 5.32 Å². The van der Waals surface area contributed by atoms with E-state index in [1.165, 1.54) is 6.08 Å². The summed E-state index contributed by atoms with van der Waals surface area (Å²) in [6.45, 7) is 3.80. The second-order valence-corrected chi connectivity index (χ2v) is 3.61. The summed E-state index contributed by atoms with van der Waals surface area (Å²) in [5.74, 6) is 0.402. The monoisotopic (exact) mass is 215 g/mol. The van der Waals surface area contributed by atoms with Crippen LogP contribution >= 0.6 is 0 Å². The summed E-state index contributed by atoms with van der Waals surface area (Å²) in [5.41, 5.74) is 2.05. The summed E-state index contributed by atoms with van der Waals surface area (Å²) < 4.78 is 0. The molecule has 0 bridgehead atoms. The Morgan fingerprint density at radius 1 is 1.50 bits per heavy atom. The van der Waals surface area contributed by atoms with Gasteiger partial charge < -0.3 is 5.32 Å². The maximum atomic E-state index is 11.4. The molecule has 0 aliphatic rings. The molecule has 1 aromatic heterocycles. The van der Waals surface area contributed by atoms with Crippen LogP contribution in [0.3, 0.4) is 0 Å². The van der Waals surface area contributed by atoms with Crippen LogP contribution in [-0.4, -0.2) is 16.1 Å². The molecule has 16 heavy (non-hydrogen) atoms. The predicted octanol–water partition coefficient (Wildman–Crippen LogP) is 2.39. The molecule has 0 spiro atoms. The molecule has 4 heteroatoms. The Morgan fingerprint density at radius 2 is 2.31 bits per heavy atom. The van der Waals surface area contributed by atoms with E-state index in [1.54, 1.807) is 13.0 Å². The first-order chi connectivity index (χ1) is 7.70. The zero-order valence-electron chi connectivity index (χ0n) is 9.24. The normalized spacial score (nSPS) is 11.1. The van der Waals surface area contributed by atoms with E-state index in [1.807, 2.05) is 25.1 Å². The maximum Gasteiger partial charge on any atom is 0.249 e. The maximum absolute atomic E-state index is 11.4. The number of aryl methyl sites for hydroxylation is 1. The van der Waals surface area contributed by atoms with Gasteiger partial charge in [0.25, 0.3) is 0 Å². The molecular weight excluding hydrogens is 202 g/mol. The van der Waals surface area contributed by atoms with Gasteiger partial charge in [-0.25, -0.2) is 0 Å². The van der Waals surface area contributed by atoms with E-state index in [-0.39, 0.29) is 5.91 Å². The lowest BCUT2D eigenvalue weighted by atomic mass is 10.2. The van der Waals surface area contributed by atoms with Gasteiger partial charge in [0.1, 0.15) is 0 Å². The van der Waals surface area contributed by atoms with Crippen LogP contribution in [0.1, 0.15) is 12.5 Å². The fourth-order valence-corrected chi connectivity index (χ4v) is 1.53. The number of aromatic amines is 1. The Bertz CT molecular complexity index is 554. The zero-order chi connectivity index (χ0) is 11.5. The number of hydrogen-bond acceptors (Lipinski definition) is 2. The third-order valence-electron chi connectivity index (χ3n) is 2.28. The molecule has 0 atom stereocenters. The van der Waals surface area contributed by atoms with Gasteiger partial charge in [-0.2, -0.15) is 5.10 Å². The van der Waals surface area contributed by atoms with Crippen molar-refractivity contribution in [2.24, 2.45) is 0 Å². The van der Waals surface area contributed by atoms with Crippen LogP contribution in [0.4, 0.5) is 5.82 Å². The number of allylic oxidation sites excluding steroid dienone is 1. The van der Waals surface area contributed by atoms with Crippen molar-refractivity contribution in [3.05, 3.63) is 35.9 Å². The molecule has 0 aliphatic carbocycles. The van der Waals surface area contributed by atoms with Crippen LogP contribution in [0.2, 0.25) is 0 Å². The lowest BCUT2D eigenvalue weighted by Gasteiger charge is -1.98. The number of H-pyrrole nitrogens is 1.